The number of rotatable bonds is 4. The van der Waals surface area contributed by atoms with Crippen LogP contribution >= 0.6 is 11.8 Å². The van der Waals surface area contributed by atoms with Crippen molar-refractivity contribution in [3.8, 4) is 5.75 Å². The zero-order valence-electron chi connectivity index (χ0n) is 10.8. The smallest absolute Gasteiger partial charge is 0.243 e. The molecule has 0 spiro atoms. The third-order valence-electron chi connectivity index (χ3n) is 3.08. The van der Waals surface area contributed by atoms with Crippen molar-refractivity contribution in [3.63, 3.8) is 0 Å². The first kappa shape index (κ1) is 14.6. The average molecular weight is 302 g/mol. The molecule has 2 rings (SSSR count). The van der Waals surface area contributed by atoms with Crippen LogP contribution in [0.5, 0.6) is 5.75 Å². The van der Waals surface area contributed by atoms with Gasteiger partial charge in [0.15, 0.2) is 0 Å². The van der Waals surface area contributed by atoms with Crippen LogP contribution in [-0.2, 0) is 16.6 Å². The largest absolute Gasteiger partial charge is 0.496 e. The van der Waals surface area contributed by atoms with Gasteiger partial charge in [-0.15, -0.1) is 0 Å². The summed E-state index contributed by atoms with van der Waals surface area (Å²) in [6, 6.07) is 4.85. The van der Waals surface area contributed by atoms with E-state index in [9.17, 15) is 8.42 Å². The highest BCUT2D eigenvalue weighted by molar-refractivity contribution is 7.99. The number of benzene rings is 1. The summed E-state index contributed by atoms with van der Waals surface area (Å²) < 4.78 is 31.7. The zero-order valence-corrected chi connectivity index (χ0v) is 12.5. The maximum absolute atomic E-state index is 12.5. The lowest BCUT2D eigenvalue weighted by atomic mass is 10.2. The quantitative estimate of drug-likeness (QED) is 0.894. The van der Waals surface area contributed by atoms with Gasteiger partial charge in [-0.1, -0.05) is 0 Å². The van der Waals surface area contributed by atoms with E-state index < -0.39 is 10.0 Å². The molecule has 0 unspecified atom stereocenters. The molecule has 0 bridgehead atoms. The number of hydrogen-bond acceptors (Lipinski definition) is 5. The summed E-state index contributed by atoms with van der Waals surface area (Å²) in [4.78, 5) is 0.292. The van der Waals surface area contributed by atoms with Gasteiger partial charge in [-0.25, -0.2) is 8.42 Å². The van der Waals surface area contributed by atoms with Crippen LogP contribution in [0.25, 0.3) is 0 Å². The van der Waals surface area contributed by atoms with E-state index in [0.29, 0.717) is 29.3 Å². The van der Waals surface area contributed by atoms with Crippen LogP contribution in [0.15, 0.2) is 23.1 Å². The minimum atomic E-state index is -3.41. The van der Waals surface area contributed by atoms with Crippen molar-refractivity contribution in [3.05, 3.63) is 23.8 Å². The topological polar surface area (TPSA) is 72.6 Å². The molecule has 0 aromatic heterocycles. The highest BCUT2D eigenvalue weighted by atomic mass is 32.2. The molecule has 106 valence electrons. The third-order valence-corrected chi connectivity index (χ3v) is 5.92. The van der Waals surface area contributed by atoms with Crippen LogP contribution < -0.4 is 10.5 Å². The Hall–Kier alpha value is -0.760. The molecule has 0 atom stereocenters. The van der Waals surface area contributed by atoms with Gasteiger partial charge in [0, 0.05) is 36.7 Å². The maximum atomic E-state index is 12.5. The number of thioether (sulfide) groups is 1. The van der Waals surface area contributed by atoms with Gasteiger partial charge in [0.25, 0.3) is 0 Å². The van der Waals surface area contributed by atoms with Crippen molar-refractivity contribution in [2.45, 2.75) is 11.4 Å². The molecule has 19 heavy (non-hydrogen) atoms. The van der Waals surface area contributed by atoms with E-state index in [2.05, 4.69) is 0 Å². The third kappa shape index (κ3) is 3.05. The highest BCUT2D eigenvalue weighted by Gasteiger charge is 2.26. The van der Waals surface area contributed by atoms with Crippen LogP contribution in [0.2, 0.25) is 0 Å². The summed E-state index contributed by atoms with van der Waals surface area (Å²) in [5.41, 5.74) is 6.33. The molecule has 0 aliphatic carbocycles. The molecule has 1 aromatic carbocycles. The summed E-state index contributed by atoms with van der Waals surface area (Å²) in [6.45, 7) is 1.39. The number of ether oxygens (including phenoxy) is 1. The van der Waals surface area contributed by atoms with Crippen LogP contribution in [0.1, 0.15) is 5.56 Å². The first-order valence-corrected chi connectivity index (χ1v) is 8.64. The van der Waals surface area contributed by atoms with E-state index in [1.165, 1.54) is 4.31 Å². The second kappa shape index (κ2) is 6.13. The molecule has 1 saturated heterocycles. The molecule has 0 saturated carbocycles. The molecule has 1 aromatic rings. The van der Waals surface area contributed by atoms with Gasteiger partial charge in [-0.05, 0) is 18.2 Å². The van der Waals surface area contributed by atoms with E-state index in [-0.39, 0.29) is 6.54 Å². The van der Waals surface area contributed by atoms with Crippen molar-refractivity contribution in [1.82, 2.24) is 4.31 Å². The highest BCUT2D eigenvalue weighted by Crippen LogP contribution is 2.25. The van der Waals surface area contributed by atoms with Gasteiger partial charge in [0.2, 0.25) is 10.0 Å². The van der Waals surface area contributed by atoms with E-state index >= 15 is 0 Å². The minimum Gasteiger partial charge on any atom is -0.496 e. The fourth-order valence-corrected chi connectivity index (χ4v) is 4.64. The van der Waals surface area contributed by atoms with E-state index in [4.69, 9.17) is 10.5 Å². The Morgan fingerprint density at radius 2 is 2.05 bits per heavy atom. The summed E-state index contributed by atoms with van der Waals surface area (Å²) >= 11 is 1.78. The predicted molar refractivity (Wildman–Crippen MR) is 77.0 cm³/mol. The van der Waals surface area contributed by atoms with Gasteiger partial charge < -0.3 is 10.5 Å². The van der Waals surface area contributed by atoms with Crippen molar-refractivity contribution in [2.24, 2.45) is 5.73 Å². The second-order valence-corrected chi connectivity index (χ2v) is 7.36. The lowest BCUT2D eigenvalue weighted by Gasteiger charge is -2.25. The molecule has 7 heteroatoms. The van der Waals surface area contributed by atoms with Crippen LogP contribution in [-0.4, -0.2) is 44.4 Å². The summed E-state index contributed by atoms with van der Waals surface area (Å²) in [5, 5.41) is 0. The Kier molecular flexibility index (Phi) is 4.72. The van der Waals surface area contributed by atoms with Crippen LogP contribution in [0, 0.1) is 0 Å². The maximum Gasteiger partial charge on any atom is 0.243 e. The van der Waals surface area contributed by atoms with E-state index in [0.717, 1.165) is 11.5 Å². The number of sulfonamides is 1. The number of nitrogens with zero attached hydrogens (tertiary/aromatic N) is 1. The number of hydrogen-bond donors (Lipinski definition) is 1. The van der Waals surface area contributed by atoms with Crippen molar-refractivity contribution in [2.75, 3.05) is 31.7 Å². The van der Waals surface area contributed by atoms with Crippen molar-refractivity contribution in [1.29, 1.82) is 0 Å². The van der Waals surface area contributed by atoms with Crippen LogP contribution in [0.4, 0.5) is 0 Å². The fourth-order valence-electron chi connectivity index (χ4n) is 2.01. The molecule has 1 heterocycles. The molecule has 5 nitrogen and oxygen atoms in total. The SMILES string of the molecule is COc1ccc(S(=O)(=O)N2CCSCC2)cc1CN. The summed E-state index contributed by atoms with van der Waals surface area (Å²) in [6.07, 6.45) is 0. The number of methoxy groups -OCH3 is 1. The summed E-state index contributed by atoms with van der Waals surface area (Å²) in [7, 11) is -1.86. The molecule has 0 amide bonds. The lowest BCUT2D eigenvalue weighted by molar-refractivity contribution is 0.409. The summed E-state index contributed by atoms with van der Waals surface area (Å²) in [5.74, 6) is 2.31. The van der Waals surface area contributed by atoms with Gasteiger partial charge >= 0.3 is 0 Å². The Morgan fingerprint density at radius 1 is 1.37 bits per heavy atom. The second-order valence-electron chi connectivity index (χ2n) is 4.19. The monoisotopic (exact) mass is 302 g/mol. The van der Waals surface area contributed by atoms with Gasteiger partial charge in [-0.3, -0.25) is 0 Å². The van der Waals surface area contributed by atoms with E-state index in [1.807, 2.05) is 0 Å². The molecular formula is C12H18N2O3S2. The number of nitrogens with two attached hydrogens (primary N) is 1. The fraction of sp³-hybridized carbons (Fsp3) is 0.500. The molecule has 2 N–H and O–H groups in total. The molecule has 1 aliphatic heterocycles. The standard InChI is InChI=1S/C12H18N2O3S2/c1-17-12-3-2-11(8-10(12)9-13)19(15,16)14-4-6-18-7-5-14/h2-3,8H,4-7,9,13H2,1H3. The van der Waals surface area contributed by atoms with Gasteiger partial charge in [0.05, 0.1) is 12.0 Å². The molecule has 1 fully saturated rings. The average Bonchev–Trinajstić information content (AvgIpc) is 2.47. The van der Waals surface area contributed by atoms with Crippen molar-refractivity contribution >= 4 is 21.8 Å². The Morgan fingerprint density at radius 3 is 2.63 bits per heavy atom. The Bertz CT molecular complexity index is 540. The lowest BCUT2D eigenvalue weighted by Crippen LogP contribution is -2.37. The Balaban J connectivity index is 2.34. The van der Waals surface area contributed by atoms with Crippen LogP contribution in [0.3, 0.4) is 0 Å². The first-order valence-electron chi connectivity index (χ1n) is 6.04. The first-order chi connectivity index (χ1) is 9.09. The van der Waals surface area contributed by atoms with Gasteiger partial charge in [0.1, 0.15) is 5.75 Å². The van der Waals surface area contributed by atoms with E-state index in [1.54, 1.807) is 37.1 Å². The van der Waals surface area contributed by atoms with Gasteiger partial charge in [-0.2, -0.15) is 16.1 Å². The normalized spacial score (nSPS) is 17.4. The molecule has 1 aliphatic rings. The molecular weight excluding hydrogens is 284 g/mol. The van der Waals surface area contributed by atoms with Crippen molar-refractivity contribution < 1.29 is 13.2 Å². The Labute approximate surface area is 118 Å². The molecule has 0 radical (unpaired) electrons. The predicted octanol–water partition coefficient (Wildman–Crippen LogP) is 0.891. The zero-order chi connectivity index (χ0) is 13.9. The minimum absolute atomic E-state index is 0.252.